The SMILES string of the molecule is Cc1cc(S(=O)(=O)NCC(C)Br)sc1Br. The van der Waals surface area contributed by atoms with Gasteiger partial charge < -0.3 is 0 Å². The van der Waals surface area contributed by atoms with Crippen LogP contribution in [0.1, 0.15) is 12.5 Å². The Morgan fingerprint density at radius 3 is 2.60 bits per heavy atom. The molecule has 15 heavy (non-hydrogen) atoms. The first-order valence-corrected chi connectivity index (χ1v) is 8.23. The van der Waals surface area contributed by atoms with Crippen LogP contribution < -0.4 is 4.72 Å². The first-order chi connectivity index (χ1) is 6.83. The fraction of sp³-hybridized carbons (Fsp3) is 0.500. The number of nitrogens with one attached hydrogen (secondary N) is 1. The third-order valence-corrected chi connectivity index (χ3v) is 6.01. The molecule has 0 aliphatic rings. The molecule has 0 aromatic carbocycles. The number of hydrogen-bond acceptors (Lipinski definition) is 3. The fourth-order valence-corrected chi connectivity index (χ4v) is 4.64. The molecule has 1 N–H and O–H groups in total. The molecule has 1 heterocycles. The molecule has 1 rings (SSSR count). The van der Waals surface area contributed by atoms with Crippen LogP contribution in [-0.4, -0.2) is 19.8 Å². The van der Waals surface area contributed by atoms with Crippen molar-refractivity contribution in [3.8, 4) is 0 Å². The van der Waals surface area contributed by atoms with E-state index in [1.54, 1.807) is 6.07 Å². The summed E-state index contributed by atoms with van der Waals surface area (Å²) in [4.78, 5) is 0.122. The quantitative estimate of drug-likeness (QED) is 0.821. The van der Waals surface area contributed by atoms with E-state index in [0.29, 0.717) is 10.8 Å². The summed E-state index contributed by atoms with van der Waals surface area (Å²) in [6.07, 6.45) is 0. The second-order valence-electron chi connectivity index (χ2n) is 3.15. The molecule has 0 aliphatic carbocycles. The molecule has 0 bridgehead atoms. The average molecular weight is 377 g/mol. The third kappa shape index (κ3) is 3.81. The van der Waals surface area contributed by atoms with Gasteiger partial charge in [-0.05, 0) is 34.5 Å². The Kier molecular flexibility index (Phi) is 4.79. The van der Waals surface area contributed by atoms with Gasteiger partial charge in [-0.3, -0.25) is 0 Å². The van der Waals surface area contributed by atoms with Gasteiger partial charge in [-0.25, -0.2) is 13.1 Å². The fourth-order valence-electron chi connectivity index (χ4n) is 0.860. The van der Waals surface area contributed by atoms with Crippen molar-refractivity contribution in [3.63, 3.8) is 0 Å². The van der Waals surface area contributed by atoms with E-state index in [-0.39, 0.29) is 4.83 Å². The van der Waals surface area contributed by atoms with Gasteiger partial charge in [0.1, 0.15) is 4.21 Å². The van der Waals surface area contributed by atoms with Gasteiger partial charge in [-0.15, -0.1) is 11.3 Å². The average Bonchev–Trinajstić information content (AvgIpc) is 2.45. The lowest BCUT2D eigenvalue weighted by molar-refractivity contribution is 0.584. The molecule has 0 saturated carbocycles. The Bertz CT molecular complexity index is 420. The van der Waals surface area contributed by atoms with Crippen molar-refractivity contribution in [1.29, 1.82) is 0 Å². The van der Waals surface area contributed by atoms with Gasteiger partial charge in [-0.2, -0.15) is 0 Å². The second-order valence-corrected chi connectivity index (χ2v) is 9.08. The molecular formula is C8H11Br2NO2S2. The molecule has 7 heteroatoms. The van der Waals surface area contributed by atoms with E-state index in [0.717, 1.165) is 9.35 Å². The highest BCUT2D eigenvalue weighted by Gasteiger charge is 2.18. The van der Waals surface area contributed by atoms with Crippen molar-refractivity contribution in [3.05, 3.63) is 15.4 Å². The maximum Gasteiger partial charge on any atom is 0.250 e. The zero-order valence-corrected chi connectivity index (χ0v) is 13.1. The van der Waals surface area contributed by atoms with Crippen molar-refractivity contribution >= 4 is 53.2 Å². The molecule has 0 spiro atoms. The van der Waals surface area contributed by atoms with Crippen LogP contribution >= 0.6 is 43.2 Å². The van der Waals surface area contributed by atoms with Crippen LogP contribution in [0.15, 0.2) is 14.1 Å². The van der Waals surface area contributed by atoms with Gasteiger partial charge in [-0.1, -0.05) is 22.9 Å². The Balaban J connectivity index is 2.87. The predicted octanol–water partition coefficient (Wildman–Crippen LogP) is 2.88. The van der Waals surface area contributed by atoms with E-state index in [1.165, 1.54) is 11.3 Å². The van der Waals surface area contributed by atoms with Crippen molar-refractivity contribution < 1.29 is 8.42 Å². The normalized spacial score (nSPS) is 14.1. The molecule has 1 atom stereocenters. The monoisotopic (exact) mass is 375 g/mol. The number of sulfonamides is 1. The van der Waals surface area contributed by atoms with Gasteiger partial charge in [0.15, 0.2) is 0 Å². The summed E-state index contributed by atoms with van der Waals surface area (Å²) in [6.45, 7) is 4.14. The largest absolute Gasteiger partial charge is 0.250 e. The summed E-state index contributed by atoms with van der Waals surface area (Å²) >= 11 is 7.82. The first-order valence-electron chi connectivity index (χ1n) is 4.22. The van der Waals surface area contributed by atoms with Crippen LogP contribution in [0.5, 0.6) is 0 Å². The minimum absolute atomic E-state index is 0.122. The molecule has 0 aliphatic heterocycles. The van der Waals surface area contributed by atoms with Crippen LogP contribution in [0.4, 0.5) is 0 Å². The number of aryl methyl sites for hydroxylation is 1. The summed E-state index contributed by atoms with van der Waals surface area (Å²) in [6, 6.07) is 1.66. The molecular weight excluding hydrogens is 366 g/mol. The predicted molar refractivity (Wildman–Crippen MR) is 70.3 cm³/mol. The van der Waals surface area contributed by atoms with Crippen molar-refractivity contribution in [1.82, 2.24) is 4.72 Å². The van der Waals surface area contributed by atoms with Gasteiger partial charge in [0, 0.05) is 11.4 Å². The highest BCUT2D eigenvalue weighted by atomic mass is 79.9. The van der Waals surface area contributed by atoms with Crippen LogP contribution in [0.2, 0.25) is 0 Å². The second kappa shape index (κ2) is 5.27. The van der Waals surface area contributed by atoms with Crippen molar-refractivity contribution in [2.75, 3.05) is 6.54 Å². The minimum Gasteiger partial charge on any atom is -0.209 e. The summed E-state index contributed by atoms with van der Waals surface area (Å²) in [5, 5.41) is 0. The summed E-state index contributed by atoms with van der Waals surface area (Å²) < 4.78 is 27.3. The molecule has 1 aromatic heterocycles. The van der Waals surface area contributed by atoms with Crippen LogP contribution in [0.3, 0.4) is 0 Å². The molecule has 0 amide bonds. The van der Waals surface area contributed by atoms with E-state index >= 15 is 0 Å². The highest BCUT2D eigenvalue weighted by Crippen LogP contribution is 2.30. The van der Waals surface area contributed by atoms with Gasteiger partial charge in [0.2, 0.25) is 10.0 Å². The summed E-state index contributed by atoms with van der Waals surface area (Å²) in [5.74, 6) is 0. The van der Waals surface area contributed by atoms with Crippen LogP contribution in [0.25, 0.3) is 0 Å². The molecule has 86 valence electrons. The standard InChI is InChI=1S/C8H11Br2NO2S2/c1-5-3-7(14-8(5)10)15(12,13)11-4-6(2)9/h3,6,11H,4H2,1-2H3. The topological polar surface area (TPSA) is 46.2 Å². The number of thiophene rings is 1. The van der Waals surface area contributed by atoms with E-state index in [1.807, 2.05) is 13.8 Å². The van der Waals surface area contributed by atoms with Crippen LogP contribution in [-0.2, 0) is 10.0 Å². The zero-order valence-electron chi connectivity index (χ0n) is 8.25. The number of alkyl halides is 1. The summed E-state index contributed by atoms with van der Waals surface area (Å²) in [7, 11) is -3.35. The zero-order chi connectivity index (χ0) is 11.6. The Labute approximate surface area is 111 Å². The Morgan fingerprint density at radius 1 is 1.60 bits per heavy atom. The van der Waals surface area contributed by atoms with E-state index in [9.17, 15) is 8.42 Å². The highest BCUT2D eigenvalue weighted by molar-refractivity contribution is 9.11. The third-order valence-electron chi connectivity index (χ3n) is 1.65. The van der Waals surface area contributed by atoms with Crippen molar-refractivity contribution in [2.45, 2.75) is 22.9 Å². The van der Waals surface area contributed by atoms with E-state index in [2.05, 4.69) is 36.6 Å². The molecule has 0 saturated heterocycles. The maximum atomic E-state index is 11.8. The lowest BCUT2D eigenvalue weighted by Gasteiger charge is -2.05. The van der Waals surface area contributed by atoms with Gasteiger partial charge in [0.25, 0.3) is 0 Å². The van der Waals surface area contributed by atoms with Gasteiger partial charge >= 0.3 is 0 Å². The maximum absolute atomic E-state index is 11.8. The molecule has 1 aromatic rings. The number of hydrogen-bond donors (Lipinski definition) is 1. The lowest BCUT2D eigenvalue weighted by Crippen LogP contribution is -2.27. The minimum atomic E-state index is -3.35. The molecule has 1 unspecified atom stereocenters. The Hall–Kier alpha value is 0.570. The van der Waals surface area contributed by atoms with Gasteiger partial charge in [0.05, 0.1) is 3.79 Å². The first kappa shape index (κ1) is 13.6. The molecule has 3 nitrogen and oxygen atoms in total. The van der Waals surface area contributed by atoms with E-state index < -0.39 is 10.0 Å². The Morgan fingerprint density at radius 2 is 2.20 bits per heavy atom. The summed E-state index contributed by atoms with van der Waals surface area (Å²) in [5.41, 5.74) is 0.937. The number of halogens is 2. The molecule has 0 radical (unpaired) electrons. The lowest BCUT2D eigenvalue weighted by atomic mass is 10.4. The van der Waals surface area contributed by atoms with Crippen LogP contribution in [0, 0.1) is 6.92 Å². The van der Waals surface area contributed by atoms with E-state index in [4.69, 9.17) is 0 Å². The van der Waals surface area contributed by atoms with Crippen molar-refractivity contribution in [2.24, 2.45) is 0 Å². The number of rotatable bonds is 4. The molecule has 0 fully saturated rings. The smallest absolute Gasteiger partial charge is 0.209 e.